The minimum atomic E-state index is -0.554. The molecule has 1 aliphatic carbocycles. The Bertz CT molecular complexity index is 911. The molecule has 0 spiro atoms. The second-order valence-corrected chi connectivity index (χ2v) is 5.66. The monoisotopic (exact) mass is 319 g/mol. The van der Waals surface area contributed by atoms with E-state index in [1.807, 2.05) is 30.3 Å². The number of methoxy groups -OCH3 is 1. The predicted octanol–water partition coefficient (Wildman–Crippen LogP) is 2.40. The van der Waals surface area contributed by atoms with Crippen LogP contribution in [0.4, 0.5) is 5.69 Å². The molecule has 0 saturated heterocycles. The molecule has 0 saturated carbocycles. The van der Waals surface area contributed by atoms with Crippen molar-refractivity contribution in [2.75, 3.05) is 12.0 Å². The maximum Gasteiger partial charge on any atom is 0.317 e. The minimum Gasteiger partial charge on any atom is -0.468 e. The highest BCUT2D eigenvalue weighted by atomic mass is 16.5. The minimum absolute atomic E-state index is 0.365. The largest absolute Gasteiger partial charge is 0.468 e. The molecule has 1 heterocycles. The summed E-state index contributed by atoms with van der Waals surface area (Å²) in [7, 11) is 1.35. The second kappa shape index (κ2) is 5.16. The molecule has 2 aromatic rings. The Morgan fingerprint density at radius 2 is 1.62 bits per heavy atom. The third-order valence-corrected chi connectivity index (χ3v) is 4.41. The molecule has 4 rings (SSSR count). The normalized spacial score (nSPS) is 17.9. The fourth-order valence-corrected chi connectivity index (χ4v) is 3.36. The Morgan fingerprint density at radius 3 is 2.33 bits per heavy atom. The molecule has 5 heteroatoms. The predicted molar refractivity (Wildman–Crippen MR) is 87.4 cm³/mol. The van der Waals surface area contributed by atoms with Gasteiger partial charge in [-0.1, -0.05) is 30.3 Å². The first-order chi connectivity index (χ1) is 11.6. The van der Waals surface area contributed by atoms with Gasteiger partial charge in [0.05, 0.1) is 12.8 Å². The summed E-state index contributed by atoms with van der Waals surface area (Å²) in [5.74, 6) is -1.69. The summed E-state index contributed by atoms with van der Waals surface area (Å²) in [6.45, 7) is 0. The van der Waals surface area contributed by atoms with Crippen molar-refractivity contribution in [3.05, 3.63) is 65.7 Å². The van der Waals surface area contributed by atoms with Crippen molar-refractivity contribution < 1.29 is 19.1 Å². The number of nitrogens with zero attached hydrogens (tertiary/aromatic N) is 1. The molecule has 1 atom stereocenters. The number of ether oxygens (including phenoxy) is 1. The van der Waals surface area contributed by atoms with Gasteiger partial charge in [0.25, 0.3) is 11.8 Å². The number of imide groups is 1. The molecule has 0 N–H and O–H groups in total. The number of benzene rings is 2. The fraction of sp³-hybridized carbons (Fsp3) is 0.105. The van der Waals surface area contributed by atoms with Crippen LogP contribution in [-0.4, -0.2) is 24.9 Å². The number of rotatable bonds is 2. The fourth-order valence-electron chi connectivity index (χ4n) is 3.36. The van der Waals surface area contributed by atoms with E-state index >= 15 is 0 Å². The number of fused-ring (bicyclic) bond motifs is 3. The first kappa shape index (κ1) is 14.4. The van der Waals surface area contributed by atoms with Crippen molar-refractivity contribution in [3.8, 4) is 11.1 Å². The highest BCUT2D eigenvalue weighted by Crippen LogP contribution is 2.46. The zero-order valence-corrected chi connectivity index (χ0v) is 12.9. The van der Waals surface area contributed by atoms with Crippen LogP contribution in [-0.2, 0) is 19.1 Å². The van der Waals surface area contributed by atoms with Crippen molar-refractivity contribution in [1.82, 2.24) is 0 Å². The Labute approximate surface area is 138 Å². The van der Waals surface area contributed by atoms with Crippen molar-refractivity contribution >= 4 is 23.5 Å². The Morgan fingerprint density at radius 1 is 0.958 bits per heavy atom. The lowest BCUT2D eigenvalue weighted by molar-refractivity contribution is -0.141. The molecule has 0 fully saturated rings. The van der Waals surface area contributed by atoms with Crippen LogP contribution >= 0.6 is 0 Å². The van der Waals surface area contributed by atoms with E-state index in [4.69, 9.17) is 4.74 Å². The first-order valence-corrected chi connectivity index (χ1v) is 7.49. The molecule has 24 heavy (non-hydrogen) atoms. The van der Waals surface area contributed by atoms with Crippen LogP contribution in [0.5, 0.6) is 0 Å². The average molecular weight is 319 g/mol. The maximum absolute atomic E-state index is 12.3. The molecule has 1 aliphatic heterocycles. The van der Waals surface area contributed by atoms with E-state index in [1.165, 1.54) is 19.3 Å². The van der Waals surface area contributed by atoms with Crippen LogP contribution in [0, 0.1) is 0 Å². The van der Waals surface area contributed by atoms with Gasteiger partial charge in [-0.2, -0.15) is 0 Å². The summed E-state index contributed by atoms with van der Waals surface area (Å²) in [5, 5.41) is 0. The van der Waals surface area contributed by atoms with Crippen molar-refractivity contribution in [2.45, 2.75) is 5.92 Å². The summed E-state index contributed by atoms with van der Waals surface area (Å²) < 4.78 is 4.96. The molecule has 1 unspecified atom stereocenters. The van der Waals surface area contributed by atoms with Gasteiger partial charge in [-0.05, 0) is 34.4 Å². The number of carbonyl (C=O) groups is 3. The van der Waals surface area contributed by atoms with Gasteiger partial charge in [0.15, 0.2) is 0 Å². The topological polar surface area (TPSA) is 63.7 Å². The van der Waals surface area contributed by atoms with E-state index in [-0.39, 0.29) is 17.8 Å². The zero-order valence-electron chi connectivity index (χ0n) is 12.9. The van der Waals surface area contributed by atoms with Gasteiger partial charge in [-0.15, -0.1) is 0 Å². The highest BCUT2D eigenvalue weighted by Gasteiger charge is 2.36. The van der Waals surface area contributed by atoms with E-state index in [1.54, 1.807) is 12.1 Å². The van der Waals surface area contributed by atoms with Crippen LogP contribution in [0.25, 0.3) is 11.1 Å². The summed E-state index contributed by atoms with van der Waals surface area (Å²) in [4.78, 5) is 37.2. The summed E-state index contributed by atoms with van der Waals surface area (Å²) in [5.41, 5.74) is 3.95. The molecule has 5 nitrogen and oxygen atoms in total. The average Bonchev–Trinajstić information content (AvgIpc) is 3.10. The molecule has 0 radical (unpaired) electrons. The Kier molecular flexibility index (Phi) is 3.09. The van der Waals surface area contributed by atoms with Gasteiger partial charge in [0, 0.05) is 12.2 Å². The summed E-state index contributed by atoms with van der Waals surface area (Å²) >= 11 is 0. The van der Waals surface area contributed by atoms with Crippen LogP contribution in [0.15, 0.2) is 54.6 Å². The number of esters is 1. The van der Waals surface area contributed by atoms with Crippen molar-refractivity contribution in [2.24, 2.45) is 0 Å². The molecule has 0 bridgehead atoms. The lowest BCUT2D eigenvalue weighted by Gasteiger charge is -2.17. The smallest absolute Gasteiger partial charge is 0.317 e. The molecule has 118 valence electrons. The third-order valence-electron chi connectivity index (χ3n) is 4.41. The highest BCUT2D eigenvalue weighted by molar-refractivity contribution is 6.28. The quantitative estimate of drug-likeness (QED) is 0.630. The Hall–Kier alpha value is -3.21. The first-order valence-electron chi connectivity index (χ1n) is 7.49. The van der Waals surface area contributed by atoms with Gasteiger partial charge in [0.1, 0.15) is 5.92 Å². The number of amides is 2. The number of carbonyl (C=O) groups excluding carboxylic acids is 3. The van der Waals surface area contributed by atoms with Crippen LogP contribution in [0.1, 0.15) is 17.0 Å². The van der Waals surface area contributed by atoms with Gasteiger partial charge in [-0.25, -0.2) is 4.90 Å². The second-order valence-electron chi connectivity index (χ2n) is 5.66. The van der Waals surface area contributed by atoms with Gasteiger partial charge in [0.2, 0.25) is 0 Å². The number of hydrogen-bond acceptors (Lipinski definition) is 4. The SMILES string of the molecule is COC(=O)C1c2ccccc2-c2ccc(N3C(=O)C=CC3=O)cc21. The van der Waals surface area contributed by atoms with E-state index in [9.17, 15) is 14.4 Å². The number of hydrogen-bond donors (Lipinski definition) is 0. The van der Waals surface area contributed by atoms with Crippen LogP contribution in [0.2, 0.25) is 0 Å². The third kappa shape index (κ3) is 1.91. The summed E-state index contributed by atoms with van der Waals surface area (Å²) in [6.07, 6.45) is 2.48. The number of anilines is 1. The van der Waals surface area contributed by atoms with E-state index < -0.39 is 5.92 Å². The lowest BCUT2D eigenvalue weighted by Crippen LogP contribution is -2.29. The molecular weight excluding hydrogens is 306 g/mol. The molecule has 2 amide bonds. The lowest BCUT2D eigenvalue weighted by atomic mass is 9.96. The molecular formula is C19H13NO4. The van der Waals surface area contributed by atoms with Crippen molar-refractivity contribution in [1.29, 1.82) is 0 Å². The zero-order chi connectivity index (χ0) is 16.8. The summed E-state index contributed by atoms with van der Waals surface area (Å²) in [6, 6.07) is 12.9. The molecule has 2 aliphatic rings. The van der Waals surface area contributed by atoms with E-state index in [0.29, 0.717) is 5.69 Å². The maximum atomic E-state index is 12.3. The van der Waals surface area contributed by atoms with Gasteiger partial charge >= 0.3 is 5.97 Å². The van der Waals surface area contributed by atoms with Gasteiger partial charge in [-0.3, -0.25) is 14.4 Å². The van der Waals surface area contributed by atoms with Gasteiger partial charge < -0.3 is 4.74 Å². The van der Waals surface area contributed by atoms with Crippen LogP contribution in [0.3, 0.4) is 0 Å². The van der Waals surface area contributed by atoms with Crippen molar-refractivity contribution in [3.63, 3.8) is 0 Å². The standard InChI is InChI=1S/C19H13NO4/c1-24-19(23)18-14-5-3-2-4-12(14)13-7-6-11(10-15(13)18)20-16(21)8-9-17(20)22/h2-10,18H,1H3. The molecule has 0 aromatic heterocycles. The van der Waals surface area contributed by atoms with E-state index in [2.05, 4.69) is 0 Å². The Balaban J connectivity index is 1.88. The van der Waals surface area contributed by atoms with Crippen LogP contribution < -0.4 is 4.90 Å². The van der Waals surface area contributed by atoms with E-state index in [0.717, 1.165) is 27.2 Å². The molecule has 2 aromatic carbocycles.